The summed E-state index contributed by atoms with van der Waals surface area (Å²) in [4.78, 5) is 26.0. The highest BCUT2D eigenvalue weighted by Gasteiger charge is 2.35. The van der Waals surface area contributed by atoms with Gasteiger partial charge in [-0.3, -0.25) is 9.69 Å². The van der Waals surface area contributed by atoms with E-state index in [4.69, 9.17) is 9.47 Å². The number of nitrogens with one attached hydrogen (secondary N) is 1. The van der Waals surface area contributed by atoms with Gasteiger partial charge in [0, 0.05) is 38.1 Å². The fraction of sp³-hybridized carbons (Fsp3) is 0.600. The van der Waals surface area contributed by atoms with Crippen molar-refractivity contribution >= 4 is 23.4 Å². The highest BCUT2D eigenvalue weighted by atomic mass is 19.1. The molecule has 1 aromatic rings. The van der Waals surface area contributed by atoms with Gasteiger partial charge in [0.05, 0.1) is 32.0 Å². The Morgan fingerprint density at radius 3 is 2.38 bits per heavy atom. The summed E-state index contributed by atoms with van der Waals surface area (Å²) in [6.45, 7) is 4.40. The number of nitrogens with zero attached hydrogens (tertiary/aromatic N) is 2. The molecule has 3 aliphatic heterocycles. The summed E-state index contributed by atoms with van der Waals surface area (Å²) in [5, 5.41) is 2.57. The molecule has 0 aliphatic carbocycles. The lowest BCUT2D eigenvalue weighted by Gasteiger charge is -2.40. The zero-order valence-electron chi connectivity index (χ0n) is 16.3. The van der Waals surface area contributed by atoms with Crippen molar-refractivity contribution in [3.8, 4) is 0 Å². The smallest absolute Gasteiger partial charge is 0.414 e. The third-order valence-corrected chi connectivity index (χ3v) is 5.95. The molecule has 0 radical (unpaired) electrons. The average molecular weight is 409 g/mol. The molecule has 1 unspecified atom stereocenters. The highest BCUT2D eigenvalue weighted by molar-refractivity contribution is 5.90. The molecule has 3 fully saturated rings. The molecule has 0 saturated carbocycles. The fourth-order valence-corrected chi connectivity index (χ4v) is 4.23. The predicted octanol–water partition coefficient (Wildman–Crippen LogP) is 2.29. The predicted molar refractivity (Wildman–Crippen MR) is 102 cm³/mol. The average Bonchev–Trinajstić information content (AvgIpc) is 3.00. The number of carbonyl (C=O) groups excluding carboxylic acids is 2. The number of rotatable bonds is 5. The number of benzene rings is 1. The minimum atomic E-state index is -0.691. The molecule has 1 aromatic carbocycles. The summed E-state index contributed by atoms with van der Waals surface area (Å²) in [6.07, 6.45) is 0.526. The van der Waals surface area contributed by atoms with Crippen LogP contribution in [0.1, 0.15) is 19.8 Å². The lowest BCUT2D eigenvalue weighted by Crippen LogP contribution is -2.42. The second kappa shape index (κ2) is 8.14. The van der Waals surface area contributed by atoms with Crippen LogP contribution in [0.4, 0.5) is 25.0 Å². The second-order valence-corrected chi connectivity index (χ2v) is 7.93. The van der Waals surface area contributed by atoms with Crippen molar-refractivity contribution in [3.63, 3.8) is 0 Å². The molecule has 0 aromatic heterocycles. The molecular weight excluding hydrogens is 384 g/mol. The van der Waals surface area contributed by atoms with Gasteiger partial charge in [-0.2, -0.15) is 0 Å². The molecule has 4 rings (SSSR count). The zero-order chi connectivity index (χ0) is 20.5. The third-order valence-electron chi connectivity index (χ3n) is 5.95. The molecule has 0 spiro atoms. The van der Waals surface area contributed by atoms with E-state index in [2.05, 4.69) is 5.32 Å². The largest absolute Gasteiger partial charge is 0.442 e. The molecule has 158 valence electrons. The van der Waals surface area contributed by atoms with E-state index in [1.165, 1.54) is 24.0 Å². The van der Waals surface area contributed by atoms with Crippen LogP contribution in [0.3, 0.4) is 0 Å². The molecule has 3 aliphatic rings. The molecule has 3 saturated heterocycles. The summed E-state index contributed by atoms with van der Waals surface area (Å²) >= 11 is 0. The maximum Gasteiger partial charge on any atom is 0.414 e. The maximum absolute atomic E-state index is 14.8. The fourth-order valence-electron chi connectivity index (χ4n) is 4.23. The van der Waals surface area contributed by atoms with E-state index in [9.17, 15) is 18.4 Å². The van der Waals surface area contributed by atoms with Gasteiger partial charge < -0.3 is 19.7 Å². The van der Waals surface area contributed by atoms with Crippen LogP contribution in [0, 0.1) is 23.5 Å². The number of carbonyl (C=O) groups is 2. The van der Waals surface area contributed by atoms with Crippen molar-refractivity contribution in [3.05, 3.63) is 23.8 Å². The first-order chi connectivity index (χ1) is 13.9. The molecule has 2 amide bonds. The number of hydrogen-bond donors (Lipinski definition) is 1. The number of amides is 2. The number of anilines is 2. The minimum Gasteiger partial charge on any atom is -0.442 e. The van der Waals surface area contributed by atoms with Crippen molar-refractivity contribution in [1.29, 1.82) is 0 Å². The van der Waals surface area contributed by atoms with Crippen LogP contribution >= 0.6 is 0 Å². The van der Waals surface area contributed by atoms with Gasteiger partial charge in [0.2, 0.25) is 5.91 Å². The number of hydrogen-bond acceptors (Lipinski definition) is 5. The minimum absolute atomic E-state index is 0.0422. The standard InChI is InChI=1S/C20H25F2N3O4/c1-12(26)23-8-16-9-25(20(27)29-16)15-6-17(21)19(18(22)7-15)24-4-2-13(3-5-24)14-10-28-11-14/h6-7,13-14,16H,2-5,8-11H2,1H3,(H,23,26). The van der Waals surface area contributed by atoms with Crippen LogP contribution in [0.2, 0.25) is 0 Å². The van der Waals surface area contributed by atoms with E-state index in [0.29, 0.717) is 24.9 Å². The van der Waals surface area contributed by atoms with E-state index in [-0.39, 0.29) is 30.4 Å². The SMILES string of the molecule is CC(=O)NCC1CN(c2cc(F)c(N3CCC(C4COC4)CC3)c(F)c2)C(=O)O1. The van der Waals surface area contributed by atoms with Gasteiger partial charge >= 0.3 is 6.09 Å². The summed E-state index contributed by atoms with van der Waals surface area (Å²) in [5.41, 5.74) is 0.0694. The van der Waals surface area contributed by atoms with Crippen LogP contribution in [-0.2, 0) is 14.3 Å². The van der Waals surface area contributed by atoms with Crippen LogP contribution in [0.5, 0.6) is 0 Å². The van der Waals surface area contributed by atoms with E-state index in [1.54, 1.807) is 4.90 Å². The van der Waals surface area contributed by atoms with Gasteiger partial charge in [0.15, 0.2) is 11.6 Å². The van der Waals surface area contributed by atoms with Crippen LogP contribution in [0.25, 0.3) is 0 Å². The monoisotopic (exact) mass is 409 g/mol. The lowest BCUT2D eigenvalue weighted by atomic mass is 9.83. The van der Waals surface area contributed by atoms with Crippen molar-refractivity contribution in [1.82, 2.24) is 5.32 Å². The van der Waals surface area contributed by atoms with Crippen LogP contribution < -0.4 is 15.1 Å². The molecule has 7 nitrogen and oxygen atoms in total. The van der Waals surface area contributed by atoms with E-state index in [0.717, 1.165) is 26.1 Å². The number of piperidine rings is 1. The van der Waals surface area contributed by atoms with E-state index >= 15 is 0 Å². The Morgan fingerprint density at radius 1 is 1.17 bits per heavy atom. The van der Waals surface area contributed by atoms with Crippen molar-refractivity contribution in [2.45, 2.75) is 25.9 Å². The third kappa shape index (κ3) is 4.14. The molecule has 29 heavy (non-hydrogen) atoms. The summed E-state index contributed by atoms with van der Waals surface area (Å²) in [5.74, 6) is -0.507. The van der Waals surface area contributed by atoms with Crippen molar-refractivity contribution in [2.75, 3.05) is 49.2 Å². The molecule has 9 heteroatoms. The van der Waals surface area contributed by atoms with Crippen LogP contribution in [-0.4, -0.2) is 57.5 Å². The van der Waals surface area contributed by atoms with Gasteiger partial charge in [0.1, 0.15) is 11.8 Å². The maximum atomic E-state index is 14.8. The normalized spacial score (nSPS) is 23.1. The number of ether oxygens (including phenoxy) is 2. The van der Waals surface area contributed by atoms with Gasteiger partial charge in [-0.05, 0) is 18.8 Å². The van der Waals surface area contributed by atoms with Crippen molar-refractivity contribution in [2.24, 2.45) is 11.8 Å². The molecule has 1 N–H and O–H groups in total. The van der Waals surface area contributed by atoms with Crippen LogP contribution in [0.15, 0.2) is 12.1 Å². The Balaban J connectivity index is 1.43. The topological polar surface area (TPSA) is 71.1 Å². The zero-order valence-corrected chi connectivity index (χ0v) is 16.3. The quantitative estimate of drug-likeness (QED) is 0.808. The Hall–Kier alpha value is -2.42. The second-order valence-electron chi connectivity index (χ2n) is 7.93. The van der Waals surface area contributed by atoms with Gasteiger partial charge in [-0.25, -0.2) is 13.6 Å². The molecule has 0 bridgehead atoms. The van der Waals surface area contributed by atoms with Gasteiger partial charge in [0.25, 0.3) is 0 Å². The number of cyclic esters (lactones) is 1. The Labute approximate surface area is 167 Å². The first-order valence-corrected chi connectivity index (χ1v) is 9.96. The molecule has 3 heterocycles. The van der Waals surface area contributed by atoms with E-state index < -0.39 is 23.8 Å². The summed E-state index contributed by atoms with van der Waals surface area (Å²) in [6, 6.07) is 2.35. The molecule has 1 atom stereocenters. The van der Waals surface area contributed by atoms with E-state index in [1.807, 2.05) is 0 Å². The molecular formula is C20H25F2N3O4. The Kier molecular flexibility index (Phi) is 5.58. The Morgan fingerprint density at radius 2 is 1.83 bits per heavy atom. The van der Waals surface area contributed by atoms with Crippen molar-refractivity contribution < 1.29 is 27.8 Å². The summed E-state index contributed by atoms with van der Waals surface area (Å²) < 4.78 is 40.1. The highest BCUT2D eigenvalue weighted by Crippen LogP contribution is 2.35. The van der Waals surface area contributed by atoms with Gasteiger partial charge in [-0.1, -0.05) is 0 Å². The first-order valence-electron chi connectivity index (χ1n) is 9.96. The Bertz CT molecular complexity index is 771. The van der Waals surface area contributed by atoms with Gasteiger partial charge in [-0.15, -0.1) is 0 Å². The first kappa shape index (κ1) is 19.9. The number of halogens is 2. The lowest BCUT2D eigenvalue weighted by molar-refractivity contribution is -0.119. The summed E-state index contributed by atoms with van der Waals surface area (Å²) in [7, 11) is 0.